The van der Waals surface area contributed by atoms with Crippen LogP contribution in [0.5, 0.6) is 0 Å². The molecule has 0 bridgehead atoms. The van der Waals surface area contributed by atoms with E-state index < -0.39 is 0 Å². The van der Waals surface area contributed by atoms with Crippen LogP contribution in [-0.4, -0.2) is 11.2 Å². The van der Waals surface area contributed by atoms with Gasteiger partial charge in [0, 0.05) is 5.70 Å². The normalized spacial score (nSPS) is 11.2. The Morgan fingerprint density at radius 2 is 2.33 bits per heavy atom. The van der Waals surface area contributed by atoms with E-state index in [1.54, 1.807) is 10.7 Å². The summed E-state index contributed by atoms with van der Waals surface area (Å²) >= 11 is 0. The van der Waals surface area contributed by atoms with Crippen molar-refractivity contribution in [2.45, 2.75) is 6.92 Å². The molecule has 0 heterocycles. The molecule has 0 aromatic heterocycles. The minimum Gasteiger partial charge on any atom is -0.346 e. The number of nitriles is 1. The highest BCUT2D eigenvalue weighted by atomic mass is 31.0. The van der Waals surface area contributed by atoms with E-state index in [9.17, 15) is 0 Å². The van der Waals surface area contributed by atoms with Gasteiger partial charge in [-0.05, 0) is 22.4 Å². The first-order valence-corrected chi connectivity index (χ1v) is 4.09. The van der Waals surface area contributed by atoms with Crippen LogP contribution in [0.15, 0.2) is 36.6 Å². The van der Waals surface area contributed by atoms with Crippen molar-refractivity contribution < 1.29 is 0 Å². The maximum Gasteiger partial charge on any atom is 0.108 e. The first-order chi connectivity index (χ1) is 5.72. The summed E-state index contributed by atoms with van der Waals surface area (Å²) in [4.78, 5) is 0. The van der Waals surface area contributed by atoms with Crippen LogP contribution in [0.25, 0.3) is 0 Å². The second-order valence-electron chi connectivity index (χ2n) is 2.21. The predicted molar refractivity (Wildman–Crippen MR) is 55.1 cm³/mol. The molecule has 0 aliphatic heterocycles. The van der Waals surface area contributed by atoms with E-state index in [2.05, 4.69) is 22.0 Å². The maximum absolute atomic E-state index is 8.39. The monoisotopic (exact) mass is 180 g/mol. The number of nitrogens with zero attached hydrogens (tertiary/aromatic N) is 2. The average molecular weight is 180 g/mol. The van der Waals surface area contributed by atoms with Gasteiger partial charge in [-0.1, -0.05) is 24.8 Å². The molecule has 1 unspecified atom stereocenters. The summed E-state index contributed by atoms with van der Waals surface area (Å²) in [5.41, 5.74) is 1.03. The van der Waals surface area contributed by atoms with E-state index in [0.29, 0.717) is 6.54 Å². The number of allylic oxidation sites excluding steroid dienone is 5. The molecule has 3 heteroatoms. The Bertz CT molecular complexity index is 235. The fraction of sp³-hybridized carbons (Fsp3) is 0.222. The Hall–Kier alpha value is -1.06. The molecular formula is C9H13N2P. The molecule has 0 aromatic rings. The highest BCUT2D eigenvalue weighted by Crippen LogP contribution is 2.08. The smallest absolute Gasteiger partial charge is 0.108 e. The van der Waals surface area contributed by atoms with Gasteiger partial charge in [-0.3, -0.25) is 0 Å². The molecule has 0 N–H and O–H groups in total. The second kappa shape index (κ2) is 6.64. The highest BCUT2D eigenvalue weighted by Gasteiger charge is 1.94. The molecule has 0 aromatic carbocycles. The van der Waals surface area contributed by atoms with Gasteiger partial charge in [-0.2, -0.15) is 5.26 Å². The molecule has 0 aliphatic carbocycles. The van der Waals surface area contributed by atoms with Crippen LogP contribution in [-0.2, 0) is 0 Å². The van der Waals surface area contributed by atoms with Gasteiger partial charge in [-0.25, -0.2) is 0 Å². The van der Waals surface area contributed by atoms with Gasteiger partial charge in [0.05, 0.1) is 6.07 Å². The molecule has 0 aliphatic rings. The van der Waals surface area contributed by atoms with Crippen LogP contribution < -0.4 is 0 Å². The van der Waals surface area contributed by atoms with E-state index in [-0.39, 0.29) is 0 Å². The Morgan fingerprint density at radius 1 is 1.67 bits per heavy atom. The summed E-state index contributed by atoms with van der Waals surface area (Å²) in [5.74, 6) is 0. The Labute approximate surface area is 76.1 Å². The van der Waals surface area contributed by atoms with Crippen LogP contribution in [0.1, 0.15) is 6.92 Å². The van der Waals surface area contributed by atoms with Gasteiger partial charge >= 0.3 is 0 Å². The highest BCUT2D eigenvalue weighted by molar-refractivity contribution is 7.13. The lowest BCUT2D eigenvalue weighted by atomic mass is 10.4. The van der Waals surface area contributed by atoms with Gasteiger partial charge in [0.15, 0.2) is 0 Å². The van der Waals surface area contributed by atoms with Gasteiger partial charge in [0.2, 0.25) is 0 Å². The van der Waals surface area contributed by atoms with Gasteiger partial charge in [0.25, 0.3) is 0 Å². The summed E-state index contributed by atoms with van der Waals surface area (Å²) in [5, 5.41) is 8.39. The summed E-state index contributed by atoms with van der Waals surface area (Å²) in [6.07, 6.45) is 7.36. The van der Waals surface area contributed by atoms with Crippen molar-refractivity contribution in [3.05, 3.63) is 36.6 Å². The number of hydrogen-bond donors (Lipinski definition) is 0. The Kier molecular flexibility index (Phi) is 6.05. The second-order valence-corrected chi connectivity index (χ2v) is 2.84. The van der Waals surface area contributed by atoms with Crippen molar-refractivity contribution in [2.24, 2.45) is 0 Å². The molecule has 0 amide bonds. The van der Waals surface area contributed by atoms with E-state index in [1.165, 1.54) is 0 Å². The molecule has 0 fully saturated rings. The summed E-state index contributed by atoms with van der Waals surface area (Å²) in [7, 11) is 2.49. The third kappa shape index (κ3) is 4.71. The van der Waals surface area contributed by atoms with E-state index in [1.807, 2.05) is 25.2 Å². The topological polar surface area (TPSA) is 27.0 Å². The summed E-state index contributed by atoms with van der Waals surface area (Å²) in [6.45, 7) is 5.88. The van der Waals surface area contributed by atoms with Crippen molar-refractivity contribution in [3.63, 3.8) is 0 Å². The summed E-state index contributed by atoms with van der Waals surface area (Å²) in [6, 6.07) is 2.06. The molecule has 1 atom stereocenters. The first-order valence-electron chi connectivity index (χ1n) is 3.57. The van der Waals surface area contributed by atoms with Gasteiger partial charge in [0.1, 0.15) is 6.54 Å². The lowest BCUT2D eigenvalue weighted by molar-refractivity contribution is 0.645. The lowest BCUT2D eigenvalue weighted by Crippen LogP contribution is -2.07. The first kappa shape index (κ1) is 10.9. The van der Waals surface area contributed by atoms with E-state index in [0.717, 1.165) is 5.70 Å². The zero-order valence-electron chi connectivity index (χ0n) is 7.20. The molecular weight excluding hydrogens is 167 g/mol. The van der Waals surface area contributed by atoms with Crippen LogP contribution in [0.4, 0.5) is 0 Å². The van der Waals surface area contributed by atoms with Gasteiger partial charge < -0.3 is 4.67 Å². The average Bonchev–Trinajstić information content (AvgIpc) is 2.05. The van der Waals surface area contributed by atoms with Crippen molar-refractivity contribution in [1.29, 1.82) is 5.26 Å². The number of hydrogen-bond acceptors (Lipinski definition) is 2. The predicted octanol–water partition coefficient (Wildman–Crippen LogP) is 2.25. The molecule has 12 heavy (non-hydrogen) atoms. The van der Waals surface area contributed by atoms with E-state index in [4.69, 9.17) is 5.26 Å². The zero-order chi connectivity index (χ0) is 9.40. The van der Waals surface area contributed by atoms with Crippen molar-refractivity contribution >= 4 is 9.39 Å². The zero-order valence-corrected chi connectivity index (χ0v) is 8.35. The Balaban J connectivity index is 4.08. The Morgan fingerprint density at radius 3 is 2.83 bits per heavy atom. The quantitative estimate of drug-likeness (QED) is 0.377. The molecule has 0 saturated heterocycles. The number of rotatable bonds is 4. The van der Waals surface area contributed by atoms with Crippen LogP contribution in [0.2, 0.25) is 0 Å². The molecule has 2 nitrogen and oxygen atoms in total. The fourth-order valence-electron chi connectivity index (χ4n) is 0.570. The van der Waals surface area contributed by atoms with Crippen molar-refractivity contribution in [1.82, 2.24) is 4.67 Å². The molecule has 64 valence electrons. The minimum absolute atomic E-state index is 0.384. The standard InChI is InChI=1S/C9H13N2P/c1-3-4-5-6-9(2)11(12)8-7-10/h3-6H,1,8,12H2,2H3/b5-4-,9-6+. The van der Waals surface area contributed by atoms with Crippen LogP contribution >= 0.6 is 9.39 Å². The lowest BCUT2D eigenvalue weighted by Gasteiger charge is -2.13. The van der Waals surface area contributed by atoms with Crippen LogP contribution in [0.3, 0.4) is 0 Å². The molecule has 0 rings (SSSR count). The van der Waals surface area contributed by atoms with Crippen molar-refractivity contribution in [3.8, 4) is 6.07 Å². The maximum atomic E-state index is 8.39. The molecule has 0 saturated carbocycles. The fourth-order valence-corrected chi connectivity index (χ4v) is 0.738. The molecule has 0 radical (unpaired) electrons. The van der Waals surface area contributed by atoms with Crippen LogP contribution in [0, 0.1) is 11.3 Å². The third-order valence-electron chi connectivity index (χ3n) is 1.28. The SMILES string of the molecule is C=C/C=C\C=C(/C)N(P)CC#N. The van der Waals surface area contributed by atoms with Crippen molar-refractivity contribution in [2.75, 3.05) is 6.54 Å². The third-order valence-corrected chi connectivity index (χ3v) is 1.87. The largest absolute Gasteiger partial charge is 0.346 e. The summed E-state index contributed by atoms with van der Waals surface area (Å²) < 4.78 is 1.80. The minimum atomic E-state index is 0.384. The van der Waals surface area contributed by atoms with E-state index >= 15 is 0 Å². The molecule has 0 spiro atoms. The van der Waals surface area contributed by atoms with Gasteiger partial charge in [-0.15, -0.1) is 0 Å².